The molecule has 0 aromatic heterocycles. The Kier molecular flexibility index (Phi) is 16.9. The van der Waals surface area contributed by atoms with Crippen LogP contribution >= 0.6 is 0 Å². The molecule has 7 aromatic rings. The van der Waals surface area contributed by atoms with Gasteiger partial charge in [0.05, 0.1) is 114 Å². The molecule has 7 aromatic carbocycles. The van der Waals surface area contributed by atoms with Crippen LogP contribution in [-0.2, 0) is 0 Å². The van der Waals surface area contributed by atoms with Gasteiger partial charge in [0.1, 0.15) is 51.7 Å². The van der Waals surface area contributed by atoms with Gasteiger partial charge in [0.25, 0.3) is 0 Å². The third-order valence-corrected chi connectivity index (χ3v) is 10.8. The van der Waals surface area contributed by atoms with Gasteiger partial charge in [-0.3, -0.25) is 0 Å². The van der Waals surface area contributed by atoms with E-state index >= 15 is 0 Å². The lowest BCUT2D eigenvalue weighted by atomic mass is 10.0. The van der Waals surface area contributed by atoms with Crippen molar-refractivity contribution in [2.75, 3.05) is 64.0 Å². The Morgan fingerprint density at radius 1 is 0.194 bits per heavy atom. The summed E-state index contributed by atoms with van der Waals surface area (Å²) in [5, 5.41) is 0. The van der Waals surface area contributed by atoms with E-state index in [0.29, 0.717) is 102 Å². The predicted octanol–water partition coefficient (Wildman–Crippen LogP) is 10.2. The summed E-state index contributed by atoms with van der Waals surface area (Å²) in [6.07, 6.45) is 0. The molecule has 0 fully saturated rings. The summed E-state index contributed by atoms with van der Waals surface area (Å²) < 4.78 is 51.3. The van der Waals surface area contributed by atoms with Crippen LogP contribution in [0.15, 0.2) is 127 Å². The van der Waals surface area contributed by atoms with E-state index in [-0.39, 0.29) is 0 Å². The summed E-state index contributed by atoms with van der Waals surface area (Å²) in [5.74, 6) is 44.1. The molecule has 0 aliphatic rings. The standard InChI is InChI=1S/C63H48O9/c1-64-55-19-13-10-16-46(55)28-31-52-40-58(67-4)49(37-61(52)70-7)25-22-43-34-44(23-26-50-38-62(71-8)53(41-59(50)68-5)32-29-47-17-11-14-20-56(47)65-2)36-45(35-43)24-27-51-39-63(72-9)54(42-60(51)69-6)33-30-48-18-12-15-21-57(48)66-3/h10-21,34-42H,1-9H3. The van der Waals surface area contributed by atoms with Crippen LogP contribution in [-0.4, -0.2) is 64.0 Å². The molecular weight excluding hydrogens is 901 g/mol. The molecule has 9 heteroatoms. The topological polar surface area (TPSA) is 83.1 Å². The van der Waals surface area contributed by atoms with Crippen LogP contribution in [0.1, 0.15) is 66.8 Å². The second kappa shape index (κ2) is 24.4. The molecule has 0 unspecified atom stereocenters. The Labute approximate surface area is 421 Å². The fraction of sp³-hybridized carbons (Fsp3) is 0.143. The molecule has 9 nitrogen and oxygen atoms in total. The smallest absolute Gasteiger partial charge is 0.136 e. The van der Waals surface area contributed by atoms with Gasteiger partial charge in [0, 0.05) is 53.1 Å². The Balaban J connectivity index is 1.31. The zero-order valence-electron chi connectivity index (χ0n) is 41.3. The van der Waals surface area contributed by atoms with Crippen LogP contribution < -0.4 is 42.6 Å². The van der Waals surface area contributed by atoms with E-state index in [1.165, 1.54) is 0 Å². The third-order valence-electron chi connectivity index (χ3n) is 10.8. The van der Waals surface area contributed by atoms with Gasteiger partial charge < -0.3 is 42.6 Å². The Bertz CT molecular complexity index is 3170. The maximum absolute atomic E-state index is 5.82. The number of ether oxygens (including phenoxy) is 9. The van der Waals surface area contributed by atoms with Gasteiger partial charge in [-0.2, -0.15) is 0 Å². The average molecular weight is 949 g/mol. The first-order valence-corrected chi connectivity index (χ1v) is 22.2. The minimum absolute atomic E-state index is 0.512. The molecular formula is C63H48O9. The first-order chi connectivity index (χ1) is 35.2. The number of rotatable bonds is 9. The lowest BCUT2D eigenvalue weighted by molar-refractivity contribution is 0.401. The molecule has 0 N–H and O–H groups in total. The minimum Gasteiger partial charge on any atom is -0.495 e. The molecule has 0 radical (unpaired) electrons. The van der Waals surface area contributed by atoms with Crippen molar-refractivity contribution < 1.29 is 42.6 Å². The molecule has 354 valence electrons. The van der Waals surface area contributed by atoms with Crippen LogP contribution in [0.2, 0.25) is 0 Å². The quantitative estimate of drug-likeness (QED) is 0.131. The van der Waals surface area contributed by atoms with Crippen LogP contribution in [0.5, 0.6) is 51.7 Å². The van der Waals surface area contributed by atoms with E-state index < -0.39 is 0 Å². The maximum Gasteiger partial charge on any atom is 0.136 e. The van der Waals surface area contributed by atoms with Crippen LogP contribution in [0.25, 0.3) is 0 Å². The second-order valence-electron chi connectivity index (χ2n) is 15.2. The molecule has 0 saturated heterocycles. The van der Waals surface area contributed by atoms with E-state index in [4.69, 9.17) is 42.6 Å². The predicted molar refractivity (Wildman–Crippen MR) is 280 cm³/mol. The molecule has 0 saturated carbocycles. The normalized spacial score (nSPS) is 9.62. The highest BCUT2D eigenvalue weighted by molar-refractivity contribution is 5.66. The Morgan fingerprint density at radius 3 is 0.583 bits per heavy atom. The molecule has 0 heterocycles. The summed E-state index contributed by atoms with van der Waals surface area (Å²) in [6, 6.07) is 39.1. The summed E-state index contributed by atoms with van der Waals surface area (Å²) in [6.45, 7) is 0. The van der Waals surface area contributed by atoms with E-state index in [1.807, 2.05) is 91.0 Å². The summed E-state index contributed by atoms with van der Waals surface area (Å²) in [7, 11) is 14.3. The first kappa shape index (κ1) is 50.0. The molecule has 0 aliphatic heterocycles. The van der Waals surface area contributed by atoms with E-state index in [0.717, 1.165) is 16.7 Å². The number of para-hydroxylation sites is 3. The highest BCUT2D eigenvalue weighted by Gasteiger charge is 2.13. The van der Waals surface area contributed by atoms with Gasteiger partial charge in [-0.05, 0) is 54.6 Å². The van der Waals surface area contributed by atoms with Gasteiger partial charge in [0.2, 0.25) is 0 Å². The van der Waals surface area contributed by atoms with Gasteiger partial charge >= 0.3 is 0 Å². The Hall–Kier alpha value is -9.90. The van der Waals surface area contributed by atoms with Crippen molar-refractivity contribution in [3.8, 4) is 123 Å². The number of benzene rings is 7. The largest absolute Gasteiger partial charge is 0.495 e. The number of hydrogen-bond acceptors (Lipinski definition) is 9. The SMILES string of the molecule is COc1ccccc1C#Cc1cc(OC)c(C#Cc2cc(C#Cc3cc(OC)c(C#Cc4ccccc4OC)cc3OC)cc(C#Cc3cc(OC)c(C#Cc4ccccc4OC)cc3OC)c2)cc1OC. The van der Waals surface area contributed by atoms with Crippen molar-refractivity contribution in [3.05, 3.63) is 194 Å². The fourth-order valence-corrected chi connectivity index (χ4v) is 7.19. The van der Waals surface area contributed by atoms with E-state index in [9.17, 15) is 0 Å². The highest BCUT2D eigenvalue weighted by atomic mass is 16.5. The highest BCUT2D eigenvalue weighted by Crippen LogP contribution is 2.32. The van der Waals surface area contributed by atoms with Gasteiger partial charge in [-0.1, -0.05) is 107 Å². The van der Waals surface area contributed by atoms with Gasteiger partial charge in [-0.25, -0.2) is 0 Å². The summed E-state index contributed by atoms with van der Waals surface area (Å²) in [5.41, 5.74) is 7.70. The zero-order valence-corrected chi connectivity index (χ0v) is 41.3. The van der Waals surface area contributed by atoms with Crippen molar-refractivity contribution in [2.24, 2.45) is 0 Å². The maximum atomic E-state index is 5.82. The number of methoxy groups -OCH3 is 9. The molecule has 7 rings (SSSR count). The van der Waals surface area contributed by atoms with Crippen molar-refractivity contribution >= 4 is 0 Å². The third kappa shape index (κ3) is 12.2. The van der Waals surface area contributed by atoms with Crippen LogP contribution in [0.3, 0.4) is 0 Å². The van der Waals surface area contributed by atoms with Crippen LogP contribution in [0.4, 0.5) is 0 Å². The van der Waals surface area contributed by atoms with Crippen molar-refractivity contribution in [1.29, 1.82) is 0 Å². The molecule has 72 heavy (non-hydrogen) atoms. The summed E-state index contributed by atoms with van der Waals surface area (Å²) >= 11 is 0. The average Bonchev–Trinajstić information content (AvgIpc) is 3.43. The van der Waals surface area contributed by atoms with Gasteiger partial charge in [-0.15, -0.1) is 0 Å². The second-order valence-corrected chi connectivity index (χ2v) is 15.2. The zero-order chi connectivity index (χ0) is 50.8. The van der Waals surface area contributed by atoms with E-state index in [1.54, 1.807) is 100 Å². The molecule has 0 amide bonds. The van der Waals surface area contributed by atoms with Crippen molar-refractivity contribution in [3.63, 3.8) is 0 Å². The minimum atomic E-state index is 0.512. The molecule has 0 bridgehead atoms. The first-order valence-electron chi connectivity index (χ1n) is 22.2. The fourth-order valence-electron chi connectivity index (χ4n) is 7.19. The van der Waals surface area contributed by atoms with E-state index in [2.05, 4.69) is 71.0 Å². The molecule has 0 spiro atoms. The lowest BCUT2D eigenvalue weighted by Gasteiger charge is -2.09. The Morgan fingerprint density at radius 2 is 0.375 bits per heavy atom. The number of hydrogen-bond donors (Lipinski definition) is 0. The van der Waals surface area contributed by atoms with Crippen molar-refractivity contribution in [2.45, 2.75) is 0 Å². The molecule has 0 atom stereocenters. The lowest BCUT2D eigenvalue weighted by Crippen LogP contribution is -1.95. The van der Waals surface area contributed by atoms with Crippen LogP contribution in [0, 0.1) is 71.0 Å². The monoisotopic (exact) mass is 948 g/mol. The summed E-state index contributed by atoms with van der Waals surface area (Å²) in [4.78, 5) is 0. The molecule has 0 aliphatic carbocycles. The van der Waals surface area contributed by atoms with Crippen molar-refractivity contribution in [1.82, 2.24) is 0 Å². The van der Waals surface area contributed by atoms with Gasteiger partial charge in [0.15, 0.2) is 0 Å².